The number of nitrogen functional groups attached to an aromatic ring is 1. The number of aromatic carboxylic acids is 2. The third-order valence-electron chi connectivity index (χ3n) is 4.04. The molecule has 5 N–H and O–H groups in total. The summed E-state index contributed by atoms with van der Waals surface area (Å²) in [7, 11) is 0. The smallest absolute Gasteiger partial charge is 0.342 e. The Bertz CT molecular complexity index is 1110. The zero-order chi connectivity index (χ0) is 20.3. The molecule has 3 rings (SSSR count). The summed E-state index contributed by atoms with van der Waals surface area (Å²) in [5.41, 5.74) is 4.31. The molecule has 0 saturated carbocycles. The zero-order valence-corrected chi connectivity index (χ0v) is 14.5. The van der Waals surface area contributed by atoms with Crippen molar-refractivity contribution in [3.05, 3.63) is 81.6 Å². The summed E-state index contributed by atoms with van der Waals surface area (Å²) < 4.78 is 5.70. The van der Waals surface area contributed by atoms with E-state index >= 15 is 0 Å². The molecule has 0 aliphatic carbocycles. The topological polar surface area (TPSA) is 143 Å². The summed E-state index contributed by atoms with van der Waals surface area (Å²) in [6.45, 7) is 0.263. The summed E-state index contributed by atoms with van der Waals surface area (Å²) in [4.78, 5) is 37.5. The summed E-state index contributed by atoms with van der Waals surface area (Å²) in [5.74, 6) is -3.06. The lowest BCUT2D eigenvalue weighted by Gasteiger charge is -2.13. The van der Waals surface area contributed by atoms with E-state index in [0.717, 1.165) is 5.56 Å². The predicted octanol–water partition coefficient (Wildman–Crippen LogP) is 2.60. The third kappa shape index (κ3) is 3.70. The number of carboxylic acids is 2. The molecular formula is C20H16N2O6. The fourth-order valence-electron chi connectivity index (χ4n) is 2.82. The second kappa shape index (κ2) is 7.67. The molecule has 0 fully saturated rings. The molecule has 0 amide bonds. The van der Waals surface area contributed by atoms with Gasteiger partial charge in [0.05, 0.1) is 0 Å². The molecule has 0 saturated heterocycles. The van der Waals surface area contributed by atoms with Gasteiger partial charge in [0.15, 0.2) is 0 Å². The van der Waals surface area contributed by atoms with E-state index in [1.807, 2.05) is 30.3 Å². The number of H-pyrrole nitrogens is 1. The van der Waals surface area contributed by atoms with Crippen LogP contribution in [0.1, 0.15) is 26.3 Å². The van der Waals surface area contributed by atoms with Gasteiger partial charge in [0.2, 0.25) is 0 Å². The van der Waals surface area contributed by atoms with Crippen LogP contribution in [0.2, 0.25) is 0 Å². The van der Waals surface area contributed by atoms with E-state index in [1.165, 1.54) is 12.1 Å². The van der Waals surface area contributed by atoms with Gasteiger partial charge in [-0.1, -0.05) is 42.5 Å². The standard InChI is InChI=1S/C20H16N2O6/c21-17-15(19(24)25)14(16(20(26)27)18(23)22-17)12-7-4-8-13(9-12)28-10-11-5-2-1-3-6-11/h1-9H,10H2,(H,24,25)(H,26,27)(H3,21,22,23). The highest BCUT2D eigenvalue weighted by Crippen LogP contribution is 2.31. The molecule has 3 aromatic rings. The molecular weight excluding hydrogens is 364 g/mol. The molecule has 1 heterocycles. The maximum atomic E-state index is 12.1. The van der Waals surface area contributed by atoms with Crippen molar-refractivity contribution in [1.29, 1.82) is 0 Å². The minimum Gasteiger partial charge on any atom is -0.489 e. The van der Waals surface area contributed by atoms with Crippen molar-refractivity contribution in [2.75, 3.05) is 5.73 Å². The number of ether oxygens (including phenoxy) is 1. The van der Waals surface area contributed by atoms with Crippen LogP contribution in [-0.2, 0) is 6.61 Å². The fraction of sp³-hybridized carbons (Fsp3) is 0.0500. The van der Waals surface area contributed by atoms with Crippen LogP contribution in [0, 0.1) is 0 Å². The average molecular weight is 380 g/mol. The van der Waals surface area contributed by atoms with Crippen molar-refractivity contribution >= 4 is 17.8 Å². The van der Waals surface area contributed by atoms with Gasteiger partial charge in [-0.15, -0.1) is 0 Å². The van der Waals surface area contributed by atoms with Crippen molar-refractivity contribution in [1.82, 2.24) is 4.98 Å². The molecule has 1 aromatic heterocycles. The van der Waals surface area contributed by atoms with Crippen molar-refractivity contribution < 1.29 is 24.5 Å². The Hall–Kier alpha value is -4.07. The van der Waals surface area contributed by atoms with E-state index < -0.39 is 34.4 Å². The first-order chi connectivity index (χ1) is 13.4. The quantitative estimate of drug-likeness (QED) is 0.515. The SMILES string of the molecule is Nc1[nH]c(=O)c(C(=O)O)c(-c2cccc(OCc3ccccc3)c2)c1C(=O)O. The van der Waals surface area contributed by atoms with E-state index in [0.29, 0.717) is 5.75 Å². The average Bonchev–Trinajstić information content (AvgIpc) is 2.66. The first-order valence-electron chi connectivity index (χ1n) is 8.18. The van der Waals surface area contributed by atoms with Crippen LogP contribution in [0.4, 0.5) is 5.82 Å². The van der Waals surface area contributed by atoms with Crippen LogP contribution in [-0.4, -0.2) is 27.1 Å². The molecule has 0 unspecified atom stereocenters. The van der Waals surface area contributed by atoms with Gasteiger partial charge < -0.3 is 25.7 Å². The Morgan fingerprint density at radius 2 is 1.64 bits per heavy atom. The lowest BCUT2D eigenvalue weighted by Crippen LogP contribution is -2.24. The number of anilines is 1. The molecule has 0 bridgehead atoms. The minimum absolute atomic E-state index is 0.193. The summed E-state index contributed by atoms with van der Waals surface area (Å²) in [6.07, 6.45) is 0. The zero-order valence-electron chi connectivity index (χ0n) is 14.5. The number of hydrogen-bond donors (Lipinski definition) is 4. The van der Waals surface area contributed by atoms with Crippen LogP contribution in [0.15, 0.2) is 59.4 Å². The lowest BCUT2D eigenvalue weighted by molar-refractivity contribution is 0.0695. The largest absolute Gasteiger partial charge is 0.489 e. The number of nitrogens with one attached hydrogen (secondary N) is 1. The van der Waals surface area contributed by atoms with E-state index in [2.05, 4.69) is 4.98 Å². The second-order valence-corrected chi connectivity index (χ2v) is 5.91. The Kier molecular flexibility index (Phi) is 5.12. The maximum absolute atomic E-state index is 12.1. The number of rotatable bonds is 6. The number of aromatic nitrogens is 1. The van der Waals surface area contributed by atoms with Gasteiger partial charge in [0, 0.05) is 5.56 Å². The third-order valence-corrected chi connectivity index (χ3v) is 4.04. The number of aromatic amines is 1. The first-order valence-corrected chi connectivity index (χ1v) is 8.18. The highest BCUT2D eigenvalue weighted by molar-refractivity contribution is 6.07. The molecule has 0 atom stereocenters. The summed E-state index contributed by atoms with van der Waals surface area (Å²) in [6, 6.07) is 15.5. The number of hydrogen-bond acceptors (Lipinski definition) is 5. The molecule has 2 aromatic carbocycles. The van der Waals surface area contributed by atoms with Crippen molar-refractivity contribution in [2.45, 2.75) is 6.61 Å². The minimum atomic E-state index is -1.56. The number of pyridine rings is 1. The molecule has 142 valence electrons. The highest BCUT2D eigenvalue weighted by atomic mass is 16.5. The second-order valence-electron chi connectivity index (χ2n) is 5.91. The van der Waals surface area contributed by atoms with Gasteiger partial charge in [-0.05, 0) is 23.3 Å². The van der Waals surface area contributed by atoms with Crippen molar-refractivity contribution in [3.8, 4) is 16.9 Å². The van der Waals surface area contributed by atoms with E-state index in [-0.39, 0.29) is 17.7 Å². The molecule has 0 spiro atoms. The van der Waals surface area contributed by atoms with Gasteiger partial charge in [-0.3, -0.25) is 4.79 Å². The Morgan fingerprint density at radius 3 is 2.29 bits per heavy atom. The van der Waals surface area contributed by atoms with E-state index in [1.54, 1.807) is 12.1 Å². The number of nitrogens with two attached hydrogens (primary N) is 1. The van der Waals surface area contributed by atoms with Crippen molar-refractivity contribution in [2.24, 2.45) is 0 Å². The van der Waals surface area contributed by atoms with Crippen molar-refractivity contribution in [3.63, 3.8) is 0 Å². The van der Waals surface area contributed by atoms with Gasteiger partial charge in [-0.25, -0.2) is 9.59 Å². The summed E-state index contributed by atoms with van der Waals surface area (Å²) >= 11 is 0. The molecule has 28 heavy (non-hydrogen) atoms. The van der Waals surface area contributed by atoms with Crippen LogP contribution in [0.5, 0.6) is 5.75 Å². The summed E-state index contributed by atoms with van der Waals surface area (Å²) in [5, 5.41) is 18.9. The van der Waals surface area contributed by atoms with Gasteiger partial charge in [-0.2, -0.15) is 0 Å². The Morgan fingerprint density at radius 1 is 0.964 bits per heavy atom. The normalized spacial score (nSPS) is 10.4. The van der Waals surface area contributed by atoms with Crippen LogP contribution in [0.3, 0.4) is 0 Å². The Balaban J connectivity index is 2.09. The van der Waals surface area contributed by atoms with E-state index in [9.17, 15) is 24.6 Å². The monoisotopic (exact) mass is 380 g/mol. The van der Waals surface area contributed by atoms with E-state index in [4.69, 9.17) is 10.5 Å². The number of benzene rings is 2. The lowest BCUT2D eigenvalue weighted by atomic mass is 9.95. The molecule has 0 aliphatic rings. The molecule has 8 heteroatoms. The highest BCUT2D eigenvalue weighted by Gasteiger charge is 2.26. The number of carbonyl (C=O) groups is 2. The number of carboxylic acid groups (broad SMARTS) is 2. The molecule has 0 radical (unpaired) electrons. The predicted molar refractivity (Wildman–Crippen MR) is 102 cm³/mol. The van der Waals surface area contributed by atoms with Gasteiger partial charge >= 0.3 is 11.9 Å². The van der Waals surface area contributed by atoms with Crippen LogP contribution in [0.25, 0.3) is 11.1 Å². The maximum Gasteiger partial charge on any atom is 0.342 e. The fourth-order valence-corrected chi connectivity index (χ4v) is 2.82. The Labute approximate surface area is 158 Å². The van der Waals surface area contributed by atoms with Gasteiger partial charge in [0.1, 0.15) is 29.3 Å². The first kappa shape index (κ1) is 18.7. The van der Waals surface area contributed by atoms with Gasteiger partial charge in [0.25, 0.3) is 5.56 Å². The van der Waals surface area contributed by atoms with Crippen LogP contribution >= 0.6 is 0 Å². The van der Waals surface area contributed by atoms with Crippen LogP contribution < -0.4 is 16.0 Å². The molecule has 8 nitrogen and oxygen atoms in total. The molecule has 0 aliphatic heterocycles.